The van der Waals surface area contributed by atoms with Crippen LogP contribution in [0, 0.1) is 0 Å². The Balaban J connectivity index is 1.55. The highest BCUT2D eigenvalue weighted by Gasteiger charge is 2.46. The van der Waals surface area contributed by atoms with E-state index >= 15 is 0 Å². The third-order valence-corrected chi connectivity index (χ3v) is 8.05. The fraction of sp³-hybridized carbons (Fsp3) is 0.0286. The van der Waals surface area contributed by atoms with E-state index in [1.54, 1.807) is 0 Å². The Kier molecular flexibility index (Phi) is 4.44. The van der Waals surface area contributed by atoms with Gasteiger partial charge >= 0.3 is 0 Å². The van der Waals surface area contributed by atoms with Crippen LogP contribution in [0.15, 0.2) is 140 Å². The highest BCUT2D eigenvalue weighted by molar-refractivity contribution is 6.04. The van der Waals surface area contributed by atoms with E-state index in [1.165, 1.54) is 38.8 Å². The fourth-order valence-electron chi connectivity index (χ4n) is 6.52. The van der Waals surface area contributed by atoms with Gasteiger partial charge < -0.3 is 0 Å². The Morgan fingerprint density at radius 2 is 1.24 bits per heavy atom. The first-order valence-corrected chi connectivity index (χ1v) is 12.9. The molecule has 8 rings (SSSR count). The fourth-order valence-corrected chi connectivity index (χ4v) is 6.52. The van der Waals surface area contributed by atoms with Crippen molar-refractivity contribution >= 4 is 21.7 Å². The monoisotopic (exact) mass is 485 g/mol. The predicted molar refractivity (Wildman–Crippen MR) is 154 cm³/mol. The molecule has 1 aliphatic carbocycles. The predicted octanol–water partition coefficient (Wildman–Crippen LogP) is 7.94. The molecule has 178 valence electrons. The van der Waals surface area contributed by atoms with Crippen molar-refractivity contribution in [3.8, 4) is 16.9 Å². The molecule has 0 unspecified atom stereocenters. The van der Waals surface area contributed by atoms with Crippen molar-refractivity contribution in [2.45, 2.75) is 5.41 Å². The number of hydrogen-bond donors (Lipinski definition) is 0. The zero-order valence-corrected chi connectivity index (χ0v) is 20.6. The molecule has 38 heavy (non-hydrogen) atoms. The van der Waals surface area contributed by atoms with E-state index in [4.69, 9.17) is 0 Å². The molecule has 2 aromatic heterocycles. The minimum Gasteiger partial charge on any atom is -0.299 e. The maximum absolute atomic E-state index is 4.65. The number of rotatable bonds is 3. The van der Waals surface area contributed by atoms with Crippen molar-refractivity contribution in [1.82, 2.24) is 14.8 Å². The maximum Gasteiger partial charge on any atom is 0.167 e. The average molecular weight is 486 g/mol. The van der Waals surface area contributed by atoms with E-state index < -0.39 is 5.41 Å². The van der Waals surface area contributed by atoms with Gasteiger partial charge in [0.15, 0.2) is 5.82 Å². The molecule has 7 aromatic rings. The zero-order valence-electron chi connectivity index (χ0n) is 20.6. The van der Waals surface area contributed by atoms with Gasteiger partial charge in [0.05, 0.1) is 17.1 Å². The molecule has 3 heteroatoms. The van der Waals surface area contributed by atoms with E-state index in [0.717, 1.165) is 22.1 Å². The summed E-state index contributed by atoms with van der Waals surface area (Å²) in [6, 6.07) is 45.8. The second-order valence-corrected chi connectivity index (χ2v) is 9.89. The first kappa shape index (κ1) is 21.1. The van der Waals surface area contributed by atoms with Crippen molar-refractivity contribution in [3.63, 3.8) is 0 Å². The summed E-state index contributed by atoms with van der Waals surface area (Å²) in [5.74, 6) is 0.848. The Morgan fingerprint density at radius 1 is 0.553 bits per heavy atom. The van der Waals surface area contributed by atoms with Crippen molar-refractivity contribution in [2.75, 3.05) is 0 Å². The molecule has 0 radical (unpaired) electrons. The Labute approximate surface area is 220 Å². The van der Waals surface area contributed by atoms with Crippen molar-refractivity contribution in [2.24, 2.45) is 0 Å². The second kappa shape index (κ2) is 7.99. The van der Waals surface area contributed by atoms with Crippen molar-refractivity contribution in [3.05, 3.63) is 162 Å². The lowest BCUT2D eigenvalue weighted by Gasteiger charge is -2.33. The molecule has 0 atom stereocenters. The summed E-state index contributed by atoms with van der Waals surface area (Å²) in [5, 5.41) is 12.4. The number of fused-ring (bicyclic) bond motifs is 6. The van der Waals surface area contributed by atoms with Gasteiger partial charge in [-0.2, -0.15) is 5.10 Å². The van der Waals surface area contributed by atoms with E-state index in [1.807, 2.05) is 12.3 Å². The topological polar surface area (TPSA) is 30.7 Å². The molecule has 1 aliphatic rings. The van der Waals surface area contributed by atoms with Crippen LogP contribution in [0.2, 0.25) is 0 Å². The Morgan fingerprint density at radius 3 is 2.03 bits per heavy atom. The number of nitrogens with zero attached hydrogens (tertiary/aromatic N) is 3. The zero-order chi connectivity index (χ0) is 25.1. The van der Waals surface area contributed by atoms with Gasteiger partial charge in [0, 0.05) is 27.9 Å². The van der Waals surface area contributed by atoms with E-state index in [9.17, 15) is 0 Å². The maximum atomic E-state index is 4.65. The largest absolute Gasteiger partial charge is 0.299 e. The third kappa shape index (κ3) is 2.73. The molecule has 0 bridgehead atoms. The van der Waals surface area contributed by atoms with Gasteiger partial charge in [0.2, 0.25) is 0 Å². The summed E-state index contributed by atoms with van der Waals surface area (Å²) in [6.45, 7) is 0. The van der Waals surface area contributed by atoms with Gasteiger partial charge in [-0.1, -0.05) is 121 Å². The molecule has 0 spiro atoms. The minimum absolute atomic E-state index is 0.428. The lowest BCUT2D eigenvalue weighted by atomic mass is 9.67. The van der Waals surface area contributed by atoms with Gasteiger partial charge in [-0.05, 0) is 33.9 Å². The highest BCUT2D eigenvalue weighted by Crippen LogP contribution is 2.57. The molecular weight excluding hydrogens is 462 g/mol. The summed E-state index contributed by atoms with van der Waals surface area (Å²) >= 11 is 0. The number of aromatic nitrogens is 3. The Bertz CT molecular complexity index is 1930. The lowest BCUT2D eigenvalue weighted by molar-refractivity contribution is 0.769. The van der Waals surface area contributed by atoms with E-state index in [0.29, 0.717) is 0 Å². The van der Waals surface area contributed by atoms with E-state index in [-0.39, 0.29) is 0 Å². The SMILES string of the molecule is c1ccc(C2(c3ccccc3)c3ccccc3-c3c2ccc2ccn(-c4nncc5ccccc45)c32)cc1. The van der Waals surface area contributed by atoms with Gasteiger partial charge in [-0.25, -0.2) is 0 Å². The normalized spacial score (nSPS) is 13.5. The quantitative estimate of drug-likeness (QED) is 0.254. The summed E-state index contributed by atoms with van der Waals surface area (Å²) in [7, 11) is 0. The van der Waals surface area contributed by atoms with Crippen LogP contribution in [0.1, 0.15) is 22.3 Å². The average Bonchev–Trinajstić information content (AvgIpc) is 3.55. The van der Waals surface area contributed by atoms with Crippen LogP contribution in [-0.2, 0) is 5.41 Å². The molecule has 0 N–H and O–H groups in total. The number of benzene rings is 5. The van der Waals surface area contributed by atoms with Crippen molar-refractivity contribution < 1.29 is 0 Å². The molecule has 0 saturated carbocycles. The third-order valence-electron chi connectivity index (χ3n) is 8.05. The standard InChI is InChI=1S/C35H23N3/c1-3-12-26(13-4-1)35(27-14-5-2-6-15-27)30-18-10-9-17-29(30)32-31(35)20-19-24-21-22-38(33(24)32)34-28-16-8-7-11-25(28)23-36-37-34/h1-23H. The van der Waals surface area contributed by atoms with Crippen LogP contribution < -0.4 is 0 Å². The van der Waals surface area contributed by atoms with Crippen molar-refractivity contribution in [1.29, 1.82) is 0 Å². The first-order valence-electron chi connectivity index (χ1n) is 12.9. The lowest BCUT2D eigenvalue weighted by Crippen LogP contribution is -2.28. The van der Waals surface area contributed by atoms with Crippen LogP contribution in [0.25, 0.3) is 38.6 Å². The molecule has 0 amide bonds. The van der Waals surface area contributed by atoms with Gasteiger partial charge in [-0.15, -0.1) is 5.10 Å². The number of hydrogen-bond acceptors (Lipinski definition) is 2. The second-order valence-electron chi connectivity index (χ2n) is 9.89. The smallest absolute Gasteiger partial charge is 0.167 e. The van der Waals surface area contributed by atoms with Crippen LogP contribution in [-0.4, -0.2) is 14.8 Å². The van der Waals surface area contributed by atoms with Gasteiger partial charge in [0.25, 0.3) is 0 Å². The highest BCUT2D eigenvalue weighted by atomic mass is 15.2. The summed E-state index contributed by atoms with van der Waals surface area (Å²) in [4.78, 5) is 0. The van der Waals surface area contributed by atoms with Crippen LogP contribution in [0.5, 0.6) is 0 Å². The molecular formula is C35H23N3. The molecule has 0 saturated heterocycles. The summed E-state index contributed by atoms with van der Waals surface area (Å²) < 4.78 is 2.23. The van der Waals surface area contributed by atoms with Crippen LogP contribution in [0.3, 0.4) is 0 Å². The minimum atomic E-state index is -0.428. The van der Waals surface area contributed by atoms with Gasteiger partial charge in [-0.3, -0.25) is 4.57 Å². The molecule has 0 fully saturated rings. The Hall–Kier alpha value is -5.02. The summed E-state index contributed by atoms with van der Waals surface area (Å²) in [5.41, 5.74) is 8.36. The molecule has 0 aliphatic heterocycles. The van der Waals surface area contributed by atoms with Gasteiger partial charge in [0.1, 0.15) is 0 Å². The summed E-state index contributed by atoms with van der Waals surface area (Å²) in [6.07, 6.45) is 3.97. The van der Waals surface area contributed by atoms with Crippen LogP contribution >= 0.6 is 0 Å². The molecule has 5 aromatic carbocycles. The molecule has 2 heterocycles. The molecule has 3 nitrogen and oxygen atoms in total. The first-order chi connectivity index (χ1) is 18.9. The van der Waals surface area contributed by atoms with E-state index in [2.05, 4.69) is 142 Å². The van der Waals surface area contributed by atoms with Crippen LogP contribution in [0.4, 0.5) is 0 Å².